The highest BCUT2D eigenvalue weighted by Crippen LogP contribution is 2.26. The lowest BCUT2D eigenvalue weighted by atomic mass is 9.94. The smallest absolute Gasteiger partial charge is 0.144 e. The minimum Gasteiger partial charge on any atom is -0.501 e. The fourth-order valence-corrected chi connectivity index (χ4v) is 1.08. The Labute approximate surface area is 66.2 Å². The van der Waals surface area contributed by atoms with E-state index in [9.17, 15) is 4.39 Å². The van der Waals surface area contributed by atoms with Crippen molar-refractivity contribution in [1.82, 2.24) is 0 Å². The van der Waals surface area contributed by atoms with Crippen molar-refractivity contribution < 1.29 is 9.13 Å². The molecule has 0 aromatic rings. The summed E-state index contributed by atoms with van der Waals surface area (Å²) in [6.07, 6.45) is 3.17. The van der Waals surface area contributed by atoms with Gasteiger partial charge in [-0.25, -0.2) is 4.39 Å². The SMILES string of the molecule is CC(F)(CN)C1=COCCC1. The zero-order chi connectivity index (χ0) is 8.32. The van der Waals surface area contributed by atoms with Crippen LogP contribution >= 0.6 is 0 Å². The standard InChI is InChI=1S/C8H14FNO/c1-8(9,6-10)7-3-2-4-11-5-7/h5H,2-4,6,10H2,1H3. The Hall–Kier alpha value is -0.570. The molecule has 1 aliphatic rings. The molecule has 1 rings (SSSR count). The molecular formula is C8H14FNO. The van der Waals surface area contributed by atoms with Crippen LogP contribution in [0.3, 0.4) is 0 Å². The van der Waals surface area contributed by atoms with Crippen molar-refractivity contribution in [3.8, 4) is 0 Å². The molecule has 1 atom stereocenters. The van der Waals surface area contributed by atoms with E-state index in [0.717, 1.165) is 12.8 Å². The van der Waals surface area contributed by atoms with Crippen LogP contribution < -0.4 is 5.73 Å². The number of halogens is 1. The highest BCUT2D eigenvalue weighted by atomic mass is 19.1. The van der Waals surface area contributed by atoms with Crippen molar-refractivity contribution in [3.05, 3.63) is 11.8 Å². The van der Waals surface area contributed by atoms with Crippen molar-refractivity contribution in [1.29, 1.82) is 0 Å². The monoisotopic (exact) mass is 159 g/mol. The summed E-state index contributed by atoms with van der Waals surface area (Å²) in [5.74, 6) is 0. The molecule has 0 aliphatic carbocycles. The molecule has 1 unspecified atom stereocenters. The Morgan fingerprint density at radius 1 is 1.82 bits per heavy atom. The first-order chi connectivity index (χ1) is 5.17. The molecule has 64 valence electrons. The molecule has 1 heterocycles. The van der Waals surface area contributed by atoms with Crippen LogP contribution in [0.4, 0.5) is 4.39 Å². The van der Waals surface area contributed by atoms with Gasteiger partial charge in [0.25, 0.3) is 0 Å². The third-order valence-electron chi connectivity index (χ3n) is 1.99. The summed E-state index contributed by atoms with van der Waals surface area (Å²) in [4.78, 5) is 0. The highest BCUT2D eigenvalue weighted by molar-refractivity contribution is 5.15. The molecule has 0 amide bonds. The predicted octanol–water partition coefficient (Wildman–Crippen LogP) is 1.37. The van der Waals surface area contributed by atoms with E-state index in [1.165, 1.54) is 13.2 Å². The molecule has 3 heteroatoms. The minimum absolute atomic E-state index is 0.0300. The van der Waals surface area contributed by atoms with E-state index in [4.69, 9.17) is 10.5 Å². The van der Waals surface area contributed by atoms with Crippen LogP contribution in [-0.4, -0.2) is 18.8 Å². The van der Waals surface area contributed by atoms with Gasteiger partial charge < -0.3 is 10.5 Å². The van der Waals surface area contributed by atoms with Gasteiger partial charge >= 0.3 is 0 Å². The fourth-order valence-electron chi connectivity index (χ4n) is 1.08. The first kappa shape index (κ1) is 8.53. The van der Waals surface area contributed by atoms with Gasteiger partial charge in [-0.1, -0.05) is 0 Å². The van der Waals surface area contributed by atoms with E-state index < -0.39 is 5.67 Å². The fraction of sp³-hybridized carbons (Fsp3) is 0.750. The second-order valence-electron chi connectivity index (χ2n) is 3.02. The van der Waals surface area contributed by atoms with Gasteiger partial charge in [0.2, 0.25) is 0 Å². The van der Waals surface area contributed by atoms with Crippen molar-refractivity contribution in [2.45, 2.75) is 25.4 Å². The molecule has 0 saturated carbocycles. The van der Waals surface area contributed by atoms with Gasteiger partial charge in [0.05, 0.1) is 12.9 Å². The summed E-state index contributed by atoms with van der Waals surface area (Å²) in [6.45, 7) is 2.22. The van der Waals surface area contributed by atoms with Crippen LogP contribution in [0.5, 0.6) is 0 Å². The second kappa shape index (κ2) is 3.22. The maximum atomic E-state index is 13.4. The third kappa shape index (κ3) is 1.93. The van der Waals surface area contributed by atoms with E-state index >= 15 is 0 Å². The first-order valence-corrected chi connectivity index (χ1v) is 3.87. The molecule has 0 aromatic carbocycles. The average Bonchev–Trinajstić information content (AvgIpc) is 2.06. The van der Waals surface area contributed by atoms with Crippen LogP contribution in [0.2, 0.25) is 0 Å². The molecule has 2 nitrogen and oxygen atoms in total. The molecule has 0 aromatic heterocycles. The summed E-state index contributed by atoms with van der Waals surface area (Å²) in [5, 5.41) is 0. The van der Waals surface area contributed by atoms with E-state index in [1.54, 1.807) is 0 Å². The van der Waals surface area contributed by atoms with Crippen molar-refractivity contribution in [3.63, 3.8) is 0 Å². The number of alkyl halides is 1. The molecule has 2 N–H and O–H groups in total. The van der Waals surface area contributed by atoms with Gasteiger partial charge in [0.1, 0.15) is 5.67 Å². The van der Waals surface area contributed by atoms with Gasteiger partial charge in [0.15, 0.2) is 0 Å². The van der Waals surface area contributed by atoms with Gasteiger partial charge in [-0.15, -0.1) is 0 Å². The molecule has 0 bridgehead atoms. The summed E-state index contributed by atoms with van der Waals surface area (Å²) >= 11 is 0. The van der Waals surface area contributed by atoms with E-state index in [-0.39, 0.29) is 6.54 Å². The zero-order valence-electron chi connectivity index (χ0n) is 6.77. The van der Waals surface area contributed by atoms with E-state index in [1.807, 2.05) is 0 Å². The lowest BCUT2D eigenvalue weighted by Gasteiger charge is -2.24. The Balaban J connectivity index is 2.64. The Morgan fingerprint density at radius 3 is 3.00 bits per heavy atom. The minimum atomic E-state index is -1.37. The largest absolute Gasteiger partial charge is 0.501 e. The van der Waals surface area contributed by atoms with Gasteiger partial charge in [-0.3, -0.25) is 0 Å². The first-order valence-electron chi connectivity index (χ1n) is 3.87. The summed E-state index contributed by atoms with van der Waals surface area (Å²) in [6, 6.07) is 0. The second-order valence-corrected chi connectivity index (χ2v) is 3.02. The number of hydrogen-bond donors (Lipinski definition) is 1. The molecule has 11 heavy (non-hydrogen) atoms. The Kier molecular flexibility index (Phi) is 2.49. The molecule has 0 fully saturated rings. The number of rotatable bonds is 2. The Bertz CT molecular complexity index is 165. The van der Waals surface area contributed by atoms with Crippen molar-refractivity contribution >= 4 is 0 Å². The maximum absolute atomic E-state index is 13.4. The topological polar surface area (TPSA) is 35.2 Å². The lowest BCUT2D eigenvalue weighted by molar-refractivity contribution is 0.179. The summed E-state index contributed by atoms with van der Waals surface area (Å²) in [7, 11) is 0. The van der Waals surface area contributed by atoms with Gasteiger partial charge in [-0.2, -0.15) is 0 Å². The maximum Gasteiger partial charge on any atom is 0.144 e. The predicted molar refractivity (Wildman–Crippen MR) is 41.8 cm³/mol. The quantitative estimate of drug-likeness (QED) is 0.660. The van der Waals surface area contributed by atoms with Crippen LogP contribution in [0, 0.1) is 0 Å². The normalized spacial score (nSPS) is 23.4. The molecule has 0 radical (unpaired) electrons. The van der Waals surface area contributed by atoms with Crippen molar-refractivity contribution in [2.24, 2.45) is 5.73 Å². The van der Waals surface area contributed by atoms with Crippen LogP contribution in [-0.2, 0) is 4.74 Å². The Morgan fingerprint density at radius 2 is 2.55 bits per heavy atom. The third-order valence-corrected chi connectivity index (χ3v) is 1.99. The van der Waals surface area contributed by atoms with Gasteiger partial charge in [0, 0.05) is 12.1 Å². The van der Waals surface area contributed by atoms with Crippen LogP contribution in [0.25, 0.3) is 0 Å². The molecule has 1 aliphatic heterocycles. The van der Waals surface area contributed by atoms with E-state index in [0.29, 0.717) is 12.2 Å². The number of hydrogen-bond acceptors (Lipinski definition) is 2. The average molecular weight is 159 g/mol. The number of ether oxygens (including phenoxy) is 1. The summed E-state index contributed by atoms with van der Waals surface area (Å²) < 4.78 is 18.4. The van der Waals surface area contributed by atoms with Crippen molar-refractivity contribution in [2.75, 3.05) is 13.2 Å². The highest BCUT2D eigenvalue weighted by Gasteiger charge is 2.27. The molecule has 0 spiro atoms. The van der Waals surface area contributed by atoms with Gasteiger partial charge in [-0.05, 0) is 19.8 Å². The molecule has 0 saturated heterocycles. The lowest BCUT2D eigenvalue weighted by Crippen LogP contribution is -2.32. The summed E-state index contributed by atoms with van der Waals surface area (Å²) in [5.41, 5.74) is 4.58. The van der Waals surface area contributed by atoms with Crippen LogP contribution in [0.1, 0.15) is 19.8 Å². The zero-order valence-corrected chi connectivity index (χ0v) is 6.77. The number of nitrogens with two attached hydrogens (primary N) is 1. The van der Waals surface area contributed by atoms with Crippen LogP contribution in [0.15, 0.2) is 11.8 Å². The molecular weight excluding hydrogens is 145 g/mol. The van der Waals surface area contributed by atoms with E-state index in [2.05, 4.69) is 0 Å².